The topological polar surface area (TPSA) is 36.0 Å². The molecule has 0 fully saturated rings. The second-order valence-electron chi connectivity index (χ2n) is 3.74. The van der Waals surface area contributed by atoms with Crippen LogP contribution in [0.15, 0.2) is 48.7 Å². The molecular formula is C14H10NO. The third-order valence-electron chi connectivity index (χ3n) is 2.65. The molecule has 2 aromatic carbocycles. The van der Waals surface area contributed by atoms with Gasteiger partial charge in [-0.05, 0) is 46.8 Å². The largest absolute Gasteiger partial charge is 0.508 e. The first-order valence-electron chi connectivity index (χ1n) is 5.11. The highest BCUT2D eigenvalue weighted by Crippen LogP contribution is 2.25. The van der Waals surface area contributed by atoms with Gasteiger partial charge in [-0.15, -0.1) is 0 Å². The predicted octanol–water partition coefficient (Wildman–Crippen LogP) is 3.34. The van der Waals surface area contributed by atoms with E-state index in [1.807, 2.05) is 18.3 Å². The summed E-state index contributed by atoms with van der Waals surface area (Å²) in [6.07, 6.45) is 1.92. The summed E-state index contributed by atoms with van der Waals surface area (Å²) < 4.78 is 0. The maximum absolute atomic E-state index is 9.42. The Bertz CT molecular complexity index is 640. The number of phenols is 1. The van der Waals surface area contributed by atoms with Crippen LogP contribution in [0.1, 0.15) is 0 Å². The number of fused-ring (bicyclic) bond motifs is 1. The second kappa shape index (κ2) is 3.42. The number of benzene rings is 2. The Balaban J connectivity index is 2.18. The fourth-order valence-corrected chi connectivity index (χ4v) is 1.84. The number of aromatic nitrogens is 1. The Labute approximate surface area is 93.2 Å². The number of rotatable bonds is 1. The lowest BCUT2D eigenvalue weighted by Gasteiger charge is -2.02. The molecular weight excluding hydrogens is 198 g/mol. The number of hydrogen-bond donors (Lipinski definition) is 2. The fourth-order valence-electron chi connectivity index (χ4n) is 1.84. The molecule has 0 amide bonds. The molecule has 1 heterocycles. The highest BCUT2D eigenvalue weighted by molar-refractivity contribution is 5.84. The van der Waals surface area contributed by atoms with Gasteiger partial charge in [0.1, 0.15) is 5.75 Å². The smallest absolute Gasteiger partial charge is 0.116 e. The summed E-state index contributed by atoms with van der Waals surface area (Å²) in [4.78, 5) is 3.17. The lowest BCUT2D eigenvalue weighted by molar-refractivity contribution is 0.475. The summed E-state index contributed by atoms with van der Waals surface area (Å²) in [6.45, 7) is 0. The maximum atomic E-state index is 9.42. The van der Waals surface area contributed by atoms with Crippen molar-refractivity contribution in [2.75, 3.05) is 0 Å². The van der Waals surface area contributed by atoms with Crippen LogP contribution < -0.4 is 0 Å². The van der Waals surface area contributed by atoms with Crippen molar-refractivity contribution in [1.29, 1.82) is 0 Å². The monoisotopic (exact) mass is 208 g/mol. The van der Waals surface area contributed by atoms with Gasteiger partial charge in [-0.3, -0.25) is 0 Å². The Morgan fingerprint density at radius 1 is 1.06 bits per heavy atom. The zero-order valence-corrected chi connectivity index (χ0v) is 8.57. The molecule has 0 aliphatic heterocycles. The molecule has 1 radical (unpaired) electrons. The summed E-state index contributed by atoms with van der Waals surface area (Å²) >= 11 is 0. The summed E-state index contributed by atoms with van der Waals surface area (Å²) in [6, 6.07) is 16.3. The van der Waals surface area contributed by atoms with E-state index >= 15 is 0 Å². The van der Waals surface area contributed by atoms with E-state index in [-0.39, 0.29) is 5.75 Å². The maximum Gasteiger partial charge on any atom is 0.116 e. The molecule has 2 N–H and O–H groups in total. The molecule has 16 heavy (non-hydrogen) atoms. The molecule has 2 nitrogen and oxygen atoms in total. The van der Waals surface area contributed by atoms with Gasteiger partial charge in [-0.2, -0.15) is 0 Å². The van der Waals surface area contributed by atoms with E-state index in [0.29, 0.717) is 0 Å². The third kappa shape index (κ3) is 1.44. The van der Waals surface area contributed by atoms with E-state index < -0.39 is 0 Å². The van der Waals surface area contributed by atoms with Crippen LogP contribution in [0, 0.1) is 6.07 Å². The third-order valence-corrected chi connectivity index (χ3v) is 2.65. The van der Waals surface area contributed by atoms with Gasteiger partial charge >= 0.3 is 0 Å². The zero-order valence-electron chi connectivity index (χ0n) is 8.57. The number of nitrogens with one attached hydrogen (secondary N) is 1. The Morgan fingerprint density at radius 3 is 2.88 bits per heavy atom. The van der Waals surface area contributed by atoms with E-state index in [4.69, 9.17) is 0 Å². The minimum Gasteiger partial charge on any atom is -0.508 e. The van der Waals surface area contributed by atoms with Gasteiger partial charge in [-0.25, -0.2) is 0 Å². The van der Waals surface area contributed by atoms with E-state index in [1.165, 1.54) is 5.39 Å². The molecule has 2 heteroatoms. The van der Waals surface area contributed by atoms with Gasteiger partial charge in [0.15, 0.2) is 0 Å². The molecule has 0 bridgehead atoms. The van der Waals surface area contributed by atoms with Gasteiger partial charge in [0.25, 0.3) is 0 Å². The van der Waals surface area contributed by atoms with E-state index in [1.54, 1.807) is 18.2 Å². The highest BCUT2D eigenvalue weighted by Gasteiger charge is 2.01. The van der Waals surface area contributed by atoms with Crippen molar-refractivity contribution in [1.82, 2.24) is 4.98 Å². The number of hydrogen-bond acceptors (Lipinski definition) is 1. The molecule has 0 atom stereocenters. The van der Waals surface area contributed by atoms with Crippen molar-refractivity contribution in [3.8, 4) is 16.9 Å². The molecule has 3 aromatic rings. The fraction of sp³-hybridized carbons (Fsp3) is 0. The zero-order chi connectivity index (χ0) is 11.0. The van der Waals surface area contributed by atoms with Crippen LogP contribution in [0.3, 0.4) is 0 Å². The quantitative estimate of drug-likeness (QED) is 0.632. The first kappa shape index (κ1) is 9.04. The lowest BCUT2D eigenvalue weighted by atomic mass is 10.0. The molecule has 1 aromatic heterocycles. The van der Waals surface area contributed by atoms with Gasteiger partial charge in [0, 0.05) is 11.7 Å². The Kier molecular flexibility index (Phi) is 1.93. The van der Waals surface area contributed by atoms with Crippen molar-refractivity contribution in [3.63, 3.8) is 0 Å². The van der Waals surface area contributed by atoms with E-state index in [9.17, 15) is 5.11 Å². The Morgan fingerprint density at radius 2 is 2.00 bits per heavy atom. The molecule has 77 valence electrons. The highest BCUT2D eigenvalue weighted by atomic mass is 16.3. The van der Waals surface area contributed by atoms with Crippen molar-refractivity contribution < 1.29 is 5.11 Å². The van der Waals surface area contributed by atoms with Crippen molar-refractivity contribution in [2.24, 2.45) is 0 Å². The number of H-pyrrole nitrogens is 1. The molecule has 0 unspecified atom stereocenters. The average molecular weight is 208 g/mol. The first-order valence-corrected chi connectivity index (χ1v) is 5.11. The van der Waals surface area contributed by atoms with Crippen LogP contribution >= 0.6 is 0 Å². The van der Waals surface area contributed by atoms with Crippen LogP contribution in [0.2, 0.25) is 0 Å². The number of phenolic OH excluding ortho intramolecular Hbond substituents is 1. The second-order valence-corrected chi connectivity index (χ2v) is 3.74. The number of aromatic amines is 1. The first-order chi connectivity index (χ1) is 7.83. The molecule has 0 aliphatic rings. The molecule has 0 saturated carbocycles. The average Bonchev–Trinajstić information content (AvgIpc) is 2.75. The minimum atomic E-state index is 0.264. The molecule has 3 rings (SSSR count). The van der Waals surface area contributed by atoms with Gasteiger partial charge in [0.2, 0.25) is 0 Å². The van der Waals surface area contributed by atoms with Crippen LogP contribution in [0.5, 0.6) is 5.75 Å². The summed E-state index contributed by atoms with van der Waals surface area (Å²) in [5.74, 6) is 0.264. The van der Waals surface area contributed by atoms with Gasteiger partial charge in [-0.1, -0.05) is 18.2 Å². The van der Waals surface area contributed by atoms with Crippen LogP contribution in [-0.4, -0.2) is 10.1 Å². The van der Waals surface area contributed by atoms with Crippen LogP contribution in [0.25, 0.3) is 22.0 Å². The van der Waals surface area contributed by atoms with Gasteiger partial charge < -0.3 is 10.1 Å². The standard InChI is InChI=1S/C14H10NO/c16-13-3-1-2-11(8-13)12-5-4-10-6-7-15-14(10)9-12/h1,3-9,15-16H. The Hall–Kier alpha value is -2.22. The van der Waals surface area contributed by atoms with E-state index in [0.717, 1.165) is 16.6 Å². The van der Waals surface area contributed by atoms with Crippen LogP contribution in [0.4, 0.5) is 0 Å². The molecule has 0 aliphatic carbocycles. The predicted molar refractivity (Wildman–Crippen MR) is 64.2 cm³/mol. The van der Waals surface area contributed by atoms with Gasteiger partial charge in [0.05, 0.1) is 0 Å². The molecule has 0 spiro atoms. The van der Waals surface area contributed by atoms with Crippen molar-refractivity contribution in [3.05, 3.63) is 54.7 Å². The SMILES string of the molecule is Oc1cc[c]c(-c2ccc3cc[nH]c3c2)c1. The normalized spacial score (nSPS) is 10.8. The minimum absolute atomic E-state index is 0.264. The molecule has 0 saturated heterocycles. The van der Waals surface area contributed by atoms with Crippen molar-refractivity contribution >= 4 is 10.9 Å². The summed E-state index contributed by atoms with van der Waals surface area (Å²) in [7, 11) is 0. The summed E-state index contributed by atoms with van der Waals surface area (Å²) in [5.41, 5.74) is 3.04. The van der Waals surface area contributed by atoms with Crippen molar-refractivity contribution in [2.45, 2.75) is 0 Å². The lowest BCUT2D eigenvalue weighted by Crippen LogP contribution is -1.78. The number of aromatic hydroxyl groups is 1. The van der Waals surface area contributed by atoms with E-state index in [2.05, 4.69) is 23.2 Å². The van der Waals surface area contributed by atoms with Crippen LogP contribution in [-0.2, 0) is 0 Å². The summed E-state index contributed by atoms with van der Waals surface area (Å²) in [5, 5.41) is 10.6.